The van der Waals surface area contributed by atoms with Crippen LogP contribution in [-0.4, -0.2) is 42.1 Å². The fraction of sp³-hybridized carbons (Fsp3) is 0.571. The average molecular weight is 302 g/mol. The fourth-order valence-corrected chi connectivity index (χ4v) is 3.60. The van der Waals surface area contributed by atoms with Crippen molar-refractivity contribution in [2.45, 2.75) is 24.8 Å². The quantitative estimate of drug-likeness (QED) is 0.907. The summed E-state index contributed by atoms with van der Waals surface area (Å²) in [4.78, 5) is 2.26. The van der Waals surface area contributed by atoms with Crippen LogP contribution in [0, 0.1) is 0 Å². The van der Waals surface area contributed by atoms with Crippen LogP contribution in [-0.2, 0) is 0 Å². The van der Waals surface area contributed by atoms with Crippen molar-refractivity contribution in [2.24, 2.45) is 5.73 Å². The third kappa shape index (κ3) is 3.84. The molecule has 1 heterocycles. The van der Waals surface area contributed by atoms with Crippen LogP contribution in [0.3, 0.4) is 0 Å². The molecular formula is C14H20F2N2OS. The summed E-state index contributed by atoms with van der Waals surface area (Å²) in [6.07, 6.45) is 0. The van der Waals surface area contributed by atoms with E-state index < -0.39 is 6.61 Å². The molecule has 1 aromatic carbocycles. The molecule has 0 amide bonds. The van der Waals surface area contributed by atoms with Crippen molar-refractivity contribution < 1.29 is 13.5 Å². The molecule has 1 aromatic rings. The van der Waals surface area contributed by atoms with E-state index in [2.05, 4.69) is 16.6 Å². The number of hydrogen-bond donors (Lipinski definition) is 1. The molecule has 1 fully saturated rings. The maximum Gasteiger partial charge on any atom is 0.387 e. The molecule has 1 aliphatic heterocycles. The Morgan fingerprint density at radius 3 is 2.85 bits per heavy atom. The van der Waals surface area contributed by atoms with Crippen LogP contribution in [0.25, 0.3) is 0 Å². The van der Waals surface area contributed by atoms with Crippen LogP contribution in [0.4, 0.5) is 8.78 Å². The first-order chi connectivity index (χ1) is 9.61. The van der Waals surface area contributed by atoms with E-state index in [-0.39, 0.29) is 11.8 Å². The van der Waals surface area contributed by atoms with E-state index in [0.29, 0.717) is 11.8 Å². The van der Waals surface area contributed by atoms with Gasteiger partial charge in [-0.25, -0.2) is 0 Å². The number of nitrogens with two attached hydrogens (primary N) is 1. The van der Waals surface area contributed by atoms with Crippen LogP contribution in [0.1, 0.15) is 18.5 Å². The van der Waals surface area contributed by atoms with E-state index in [4.69, 9.17) is 5.73 Å². The molecule has 2 atom stereocenters. The molecule has 2 N–H and O–H groups in total. The molecule has 0 radical (unpaired) electrons. The van der Waals surface area contributed by atoms with Gasteiger partial charge in [0.05, 0.1) is 6.04 Å². The Balaban J connectivity index is 2.22. The zero-order valence-electron chi connectivity index (χ0n) is 11.5. The van der Waals surface area contributed by atoms with Crippen molar-refractivity contribution in [1.82, 2.24) is 4.90 Å². The number of alkyl halides is 2. The monoisotopic (exact) mass is 302 g/mol. The number of para-hydroxylation sites is 1. The number of nitrogens with zero attached hydrogens (tertiary/aromatic N) is 1. The lowest BCUT2D eigenvalue weighted by atomic mass is 10.0. The average Bonchev–Trinajstić information content (AvgIpc) is 2.41. The Morgan fingerprint density at radius 1 is 1.45 bits per heavy atom. The van der Waals surface area contributed by atoms with E-state index in [1.165, 1.54) is 0 Å². The summed E-state index contributed by atoms with van der Waals surface area (Å²) in [5.41, 5.74) is 6.63. The summed E-state index contributed by atoms with van der Waals surface area (Å²) in [5.74, 6) is 1.26. The van der Waals surface area contributed by atoms with Crippen molar-refractivity contribution in [1.29, 1.82) is 0 Å². The van der Waals surface area contributed by atoms with Crippen molar-refractivity contribution >= 4 is 11.8 Å². The summed E-state index contributed by atoms with van der Waals surface area (Å²) < 4.78 is 29.6. The fourth-order valence-electron chi connectivity index (χ4n) is 2.56. The number of rotatable bonds is 5. The molecule has 20 heavy (non-hydrogen) atoms. The van der Waals surface area contributed by atoms with Crippen molar-refractivity contribution in [3.8, 4) is 5.75 Å². The summed E-state index contributed by atoms with van der Waals surface area (Å²) >= 11 is 1.93. The molecule has 6 heteroatoms. The van der Waals surface area contributed by atoms with Gasteiger partial charge in [-0.1, -0.05) is 25.1 Å². The Morgan fingerprint density at radius 2 is 2.20 bits per heavy atom. The molecule has 0 aromatic heterocycles. The van der Waals surface area contributed by atoms with Crippen molar-refractivity contribution in [3.05, 3.63) is 29.8 Å². The second kappa shape index (κ2) is 7.24. The number of benzene rings is 1. The van der Waals surface area contributed by atoms with Gasteiger partial charge in [-0.05, 0) is 6.07 Å². The molecule has 0 saturated carbocycles. The minimum atomic E-state index is -2.81. The maximum atomic E-state index is 12.5. The minimum absolute atomic E-state index is 0.0756. The van der Waals surface area contributed by atoms with Crippen LogP contribution in [0.2, 0.25) is 0 Å². The van der Waals surface area contributed by atoms with Gasteiger partial charge in [0.1, 0.15) is 5.75 Å². The maximum absolute atomic E-state index is 12.5. The highest BCUT2D eigenvalue weighted by molar-refractivity contribution is 7.99. The number of hydrogen-bond acceptors (Lipinski definition) is 4. The zero-order chi connectivity index (χ0) is 14.5. The van der Waals surface area contributed by atoms with Gasteiger partial charge in [-0.3, -0.25) is 4.90 Å². The van der Waals surface area contributed by atoms with Gasteiger partial charge in [0.25, 0.3) is 0 Å². The van der Waals surface area contributed by atoms with Gasteiger partial charge >= 0.3 is 6.61 Å². The van der Waals surface area contributed by atoms with Gasteiger partial charge in [0, 0.05) is 36.2 Å². The molecule has 2 rings (SSSR count). The highest BCUT2D eigenvalue weighted by Gasteiger charge is 2.27. The molecule has 112 valence electrons. The minimum Gasteiger partial charge on any atom is -0.434 e. The highest BCUT2D eigenvalue weighted by atomic mass is 32.2. The van der Waals surface area contributed by atoms with E-state index in [1.807, 2.05) is 23.9 Å². The molecule has 0 spiro atoms. The largest absolute Gasteiger partial charge is 0.434 e. The van der Waals surface area contributed by atoms with Crippen LogP contribution < -0.4 is 10.5 Å². The van der Waals surface area contributed by atoms with Crippen molar-refractivity contribution in [3.63, 3.8) is 0 Å². The Kier molecular flexibility index (Phi) is 5.63. The molecule has 0 aliphatic carbocycles. The normalized spacial score (nSPS) is 21.9. The van der Waals surface area contributed by atoms with Crippen LogP contribution in [0.5, 0.6) is 5.75 Å². The Labute approximate surface area is 122 Å². The van der Waals surface area contributed by atoms with Gasteiger partial charge < -0.3 is 10.5 Å². The molecule has 0 bridgehead atoms. The Bertz CT molecular complexity index is 433. The standard InChI is InChI=1S/C14H20F2N2OS/c1-10-9-18(6-7-20-10)12(8-17)11-4-2-3-5-13(11)19-14(15)16/h2-5,10,12,14H,6-9,17H2,1H3. The van der Waals surface area contributed by atoms with Crippen LogP contribution in [0.15, 0.2) is 24.3 Å². The summed E-state index contributed by atoms with van der Waals surface area (Å²) in [7, 11) is 0. The molecule has 2 unspecified atom stereocenters. The van der Waals surface area contributed by atoms with E-state index in [9.17, 15) is 8.78 Å². The second-order valence-corrected chi connectivity index (χ2v) is 6.39. The lowest BCUT2D eigenvalue weighted by Crippen LogP contribution is -2.42. The lowest BCUT2D eigenvalue weighted by molar-refractivity contribution is -0.0511. The van der Waals surface area contributed by atoms with Crippen molar-refractivity contribution in [2.75, 3.05) is 25.4 Å². The van der Waals surface area contributed by atoms with Gasteiger partial charge in [-0.2, -0.15) is 20.5 Å². The third-order valence-electron chi connectivity index (χ3n) is 3.43. The first-order valence-corrected chi connectivity index (χ1v) is 7.76. The first kappa shape index (κ1) is 15.5. The lowest BCUT2D eigenvalue weighted by Gasteiger charge is -2.37. The van der Waals surface area contributed by atoms with Gasteiger partial charge in [0.15, 0.2) is 0 Å². The second-order valence-electron chi connectivity index (χ2n) is 4.84. The third-order valence-corrected chi connectivity index (χ3v) is 4.57. The Hall–Kier alpha value is -0.850. The van der Waals surface area contributed by atoms with E-state index in [1.54, 1.807) is 12.1 Å². The molecule has 1 aliphatic rings. The van der Waals surface area contributed by atoms with E-state index in [0.717, 1.165) is 24.4 Å². The van der Waals surface area contributed by atoms with E-state index >= 15 is 0 Å². The summed E-state index contributed by atoms with van der Waals surface area (Å²) in [5, 5.41) is 0.529. The molecule has 1 saturated heterocycles. The summed E-state index contributed by atoms with van der Waals surface area (Å²) in [6, 6.07) is 6.85. The topological polar surface area (TPSA) is 38.5 Å². The first-order valence-electron chi connectivity index (χ1n) is 6.71. The number of ether oxygens (including phenoxy) is 1. The zero-order valence-corrected chi connectivity index (χ0v) is 12.3. The highest BCUT2D eigenvalue weighted by Crippen LogP contribution is 2.32. The SMILES string of the molecule is CC1CN(C(CN)c2ccccc2OC(F)F)CCS1. The predicted octanol–water partition coefficient (Wildman–Crippen LogP) is 2.73. The molecular weight excluding hydrogens is 282 g/mol. The van der Waals surface area contributed by atoms with Gasteiger partial charge in [-0.15, -0.1) is 0 Å². The van der Waals surface area contributed by atoms with Crippen LogP contribution >= 0.6 is 11.8 Å². The van der Waals surface area contributed by atoms with Gasteiger partial charge in [0.2, 0.25) is 0 Å². The number of thioether (sulfide) groups is 1. The number of halogens is 2. The molecule has 3 nitrogen and oxygen atoms in total. The predicted molar refractivity (Wildman–Crippen MR) is 78.4 cm³/mol. The summed E-state index contributed by atoms with van der Waals surface area (Å²) in [6.45, 7) is 1.58. The smallest absolute Gasteiger partial charge is 0.387 e.